The minimum Gasteiger partial charge on any atom is -0.380 e. The van der Waals surface area contributed by atoms with Crippen molar-refractivity contribution in [3.63, 3.8) is 0 Å². The normalized spacial score (nSPS) is 10.1. The van der Waals surface area contributed by atoms with Crippen molar-refractivity contribution < 1.29 is 9.66 Å². The Kier molecular flexibility index (Phi) is 4.07. The van der Waals surface area contributed by atoms with Crippen molar-refractivity contribution >= 4 is 0 Å². The fourth-order valence-electron chi connectivity index (χ4n) is 1.26. The van der Waals surface area contributed by atoms with Crippen LogP contribution in [0.5, 0.6) is 0 Å². The summed E-state index contributed by atoms with van der Waals surface area (Å²) in [4.78, 5) is 9.86. The van der Waals surface area contributed by atoms with Crippen LogP contribution in [0.3, 0.4) is 0 Å². The molecule has 0 radical (unpaired) electrons. The highest BCUT2D eigenvalue weighted by molar-refractivity contribution is 5.23. The second-order valence-corrected chi connectivity index (χ2v) is 3.06. The molecule has 0 spiro atoms. The fraction of sp³-hybridized carbons (Fsp3) is 0.400. The molecule has 0 saturated heterocycles. The van der Waals surface area contributed by atoms with E-state index in [4.69, 9.17) is 4.74 Å². The van der Waals surface area contributed by atoms with E-state index in [1.165, 1.54) is 0 Å². The van der Waals surface area contributed by atoms with E-state index in [2.05, 4.69) is 0 Å². The first-order chi connectivity index (χ1) is 6.72. The maximum Gasteiger partial charge on any atom is 0.207 e. The lowest BCUT2D eigenvalue weighted by Gasteiger charge is -2.02. The van der Waals surface area contributed by atoms with Gasteiger partial charge in [-0.1, -0.05) is 24.3 Å². The van der Waals surface area contributed by atoms with Gasteiger partial charge in [0.1, 0.15) is 0 Å². The summed E-state index contributed by atoms with van der Waals surface area (Å²) in [6.45, 7) is 0.530. The number of ether oxygens (including phenoxy) is 1. The summed E-state index contributed by atoms with van der Waals surface area (Å²) in [5.74, 6) is 0. The SMILES string of the molecule is COCc1cccc(CC[N+](=O)[O-])c1. The lowest BCUT2D eigenvalue weighted by molar-refractivity contribution is -0.479. The van der Waals surface area contributed by atoms with Gasteiger partial charge in [0.05, 0.1) is 6.61 Å². The lowest BCUT2D eigenvalue weighted by atomic mass is 10.1. The van der Waals surface area contributed by atoms with E-state index >= 15 is 0 Å². The average molecular weight is 195 g/mol. The zero-order valence-electron chi connectivity index (χ0n) is 8.10. The van der Waals surface area contributed by atoms with Crippen LogP contribution in [0.15, 0.2) is 24.3 Å². The van der Waals surface area contributed by atoms with Crippen molar-refractivity contribution in [2.24, 2.45) is 0 Å². The molecule has 1 aromatic rings. The molecule has 0 aliphatic heterocycles. The molecule has 4 heteroatoms. The summed E-state index contributed by atoms with van der Waals surface area (Å²) in [6.07, 6.45) is 0.477. The van der Waals surface area contributed by atoms with E-state index in [9.17, 15) is 10.1 Å². The number of nitro groups is 1. The van der Waals surface area contributed by atoms with Gasteiger partial charge in [0, 0.05) is 18.5 Å². The van der Waals surface area contributed by atoms with E-state index in [-0.39, 0.29) is 11.5 Å². The highest BCUT2D eigenvalue weighted by atomic mass is 16.6. The molecule has 1 aromatic carbocycles. The topological polar surface area (TPSA) is 52.4 Å². The summed E-state index contributed by atoms with van der Waals surface area (Å²) >= 11 is 0. The minimum absolute atomic E-state index is 0.0174. The quantitative estimate of drug-likeness (QED) is 0.530. The van der Waals surface area contributed by atoms with Gasteiger partial charge in [0.2, 0.25) is 6.54 Å². The zero-order valence-corrected chi connectivity index (χ0v) is 8.10. The number of nitrogens with zero attached hydrogens (tertiary/aromatic N) is 1. The fourth-order valence-corrected chi connectivity index (χ4v) is 1.26. The maximum atomic E-state index is 10.2. The lowest BCUT2D eigenvalue weighted by Crippen LogP contribution is -2.04. The molecule has 0 atom stereocenters. The standard InChI is InChI=1S/C10H13NO3/c1-14-8-10-4-2-3-9(7-10)5-6-11(12)13/h2-4,7H,5-6,8H2,1H3. The zero-order chi connectivity index (χ0) is 10.4. The van der Waals surface area contributed by atoms with Gasteiger partial charge in [-0.15, -0.1) is 0 Å². The monoisotopic (exact) mass is 195 g/mol. The van der Waals surface area contributed by atoms with Crippen LogP contribution in [0, 0.1) is 10.1 Å². The van der Waals surface area contributed by atoms with E-state index in [1.54, 1.807) is 7.11 Å². The summed E-state index contributed by atoms with van der Waals surface area (Å²) in [5, 5.41) is 10.2. The highest BCUT2D eigenvalue weighted by Gasteiger charge is 2.00. The molecular formula is C10H13NO3. The third-order valence-electron chi connectivity index (χ3n) is 1.89. The Bertz CT molecular complexity index is 312. The number of hydrogen-bond donors (Lipinski definition) is 0. The van der Waals surface area contributed by atoms with Gasteiger partial charge in [-0.2, -0.15) is 0 Å². The summed E-state index contributed by atoms with van der Waals surface area (Å²) < 4.78 is 4.97. The van der Waals surface area contributed by atoms with Crippen molar-refractivity contribution in [3.05, 3.63) is 45.5 Å². The molecular weight excluding hydrogens is 182 g/mol. The molecule has 0 aliphatic carbocycles. The number of hydrogen-bond acceptors (Lipinski definition) is 3. The predicted molar refractivity (Wildman–Crippen MR) is 52.7 cm³/mol. The molecule has 76 valence electrons. The van der Waals surface area contributed by atoms with Crippen molar-refractivity contribution in [1.29, 1.82) is 0 Å². The smallest absolute Gasteiger partial charge is 0.207 e. The Morgan fingerprint density at radius 1 is 1.43 bits per heavy atom. The highest BCUT2D eigenvalue weighted by Crippen LogP contribution is 2.06. The number of methoxy groups -OCH3 is 1. The maximum absolute atomic E-state index is 10.2. The largest absolute Gasteiger partial charge is 0.380 e. The van der Waals surface area contributed by atoms with Crippen molar-refractivity contribution in [1.82, 2.24) is 0 Å². The molecule has 14 heavy (non-hydrogen) atoms. The third-order valence-corrected chi connectivity index (χ3v) is 1.89. The molecule has 0 heterocycles. The number of rotatable bonds is 5. The second-order valence-electron chi connectivity index (χ2n) is 3.06. The van der Waals surface area contributed by atoms with Gasteiger partial charge in [-0.05, 0) is 11.1 Å². The second kappa shape index (κ2) is 5.34. The Morgan fingerprint density at radius 3 is 2.79 bits per heavy atom. The van der Waals surface area contributed by atoms with E-state index in [0.29, 0.717) is 13.0 Å². The van der Waals surface area contributed by atoms with Crippen molar-refractivity contribution in [2.45, 2.75) is 13.0 Å². The van der Waals surface area contributed by atoms with Gasteiger partial charge in [0.25, 0.3) is 0 Å². The van der Waals surface area contributed by atoms with Crippen molar-refractivity contribution in [3.8, 4) is 0 Å². The van der Waals surface area contributed by atoms with Gasteiger partial charge >= 0.3 is 0 Å². The molecule has 0 fully saturated rings. The summed E-state index contributed by atoms with van der Waals surface area (Å²) in [6, 6.07) is 7.67. The first-order valence-corrected chi connectivity index (χ1v) is 4.41. The molecule has 4 nitrogen and oxygen atoms in total. The van der Waals surface area contributed by atoms with Gasteiger partial charge in [-0.25, -0.2) is 0 Å². The minimum atomic E-state index is -0.303. The Balaban J connectivity index is 2.58. The van der Waals surface area contributed by atoms with Gasteiger partial charge in [-0.3, -0.25) is 10.1 Å². The van der Waals surface area contributed by atoms with Crippen LogP contribution in [0.4, 0.5) is 0 Å². The van der Waals surface area contributed by atoms with Crippen LogP contribution in [0.2, 0.25) is 0 Å². The third kappa shape index (κ3) is 3.53. The van der Waals surface area contributed by atoms with Crippen LogP contribution in [-0.2, 0) is 17.8 Å². The van der Waals surface area contributed by atoms with Crippen LogP contribution in [0.1, 0.15) is 11.1 Å². The summed E-state index contributed by atoms with van der Waals surface area (Å²) in [7, 11) is 1.63. The summed E-state index contributed by atoms with van der Waals surface area (Å²) in [5.41, 5.74) is 2.03. The Morgan fingerprint density at radius 2 is 2.14 bits per heavy atom. The molecule has 0 N–H and O–H groups in total. The first kappa shape index (κ1) is 10.7. The van der Waals surface area contributed by atoms with E-state index in [0.717, 1.165) is 11.1 Å². The van der Waals surface area contributed by atoms with Gasteiger partial charge in [0.15, 0.2) is 0 Å². The first-order valence-electron chi connectivity index (χ1n) is 4.41. The van der Waals surface area contributed by atoms with Crippen LogP contribution < -0.4 is 0 Å². The molecule has 1 rings (SSSR count). The van der Waals surface area contributed by atoms with E-state index < -0.39 is 0 Å². The molecule has 0 bridgehead atoms. The van der Waals surface area contributed by atoms with Crippen LogP contribution in [-0.4, -0.2) is 18.6 Å². The van der Waals surface area contributed by atoms with Crippen LogP contribution in [0.25, 0.3) is 0 Å². The molecule has 0 aliphatic rings. The molecule has 0 saturated carbocycles. The van der Waals surface area contributed by atoms with Crippen molar-refractivity contribution in [2.75, 3.05) is 13.7 Å². The Labute approximate surface area is 82.7 Å². The van der Waals surface area contributed by atoms with Crippen LogP contribution >= 0.6 is 0 Å². The molecule has 0 aromatic heterocycles. The predicted octanol–water partition coefficient (Wildman–Crippen LogP) is 1.65. The molecule has 0 amide bonds. The number of benzene rings is 1. The Hall–Kier alpha value is -1.42. The molecule has 0 unspecified atom stereocenters. The van der Waals surface area contributed by atoms with E-state index in [1.807, 2.05) is 24.3 Å². The van der Waals surface area contributed by atoms with Gasteiger partial charge < -0.3 is 4.74 Å². The average Bonchev–Trinajstić information content (AvgIpc) is 2.16.